The van der Waals surface area contributed by atoms with Gasteiger partial charge in [0.1, 0.15) is 0 Å². The van der Waals surface area contributed by atoms with E-state index in [0.29, 0.717) is 5.03 Å². The topological polar surface area (TPSA) is 12.9 Å². The van der Waals surface area contributed by atoms with Gasteiger partial charge in [-0.1, -0.05) is 54.2 Å². The zero-order valence-corrected chi connectivity index (χ0v) is 12.2. The van der Waals surface area contributed by atoms with Gasteiger partial charge in [-0.2, -0.15) is 0 Å². The smallest absolute Gasteiger partial charge is 0.151 e. The number of aromatic nitrogens is 1. The van der Waals surface area contributed by atoms with Crippen molar-refractivity contribution in [2.24, 2.45) is 0 Å². The van der Waals surface area contributed by atoms with Crippen molar-refractivity contribution < 1.29 is 0 Å². The van der Waals surface area contributed by atoms with Gasteiger partial charge in [0.25, 0.3) is 0 Å². The van der Waals surface area contributed by atoms with Crippen molar-refractivity contribution in [2.75, 3.05) is 5.75 Å². The highest BCUT2D eigenvalue weighted by atomic mass is 35.5. The van der Waals surface area contributed by atoms with Crippen LogP contribution in [0.25, 0.3) is 11.3 Å². The van der Waals surface area contributed by atoms with Crippen LogP contribution >= 0.6 is 34.7 Å². The minimum Gasteiger partial charge on any atom is -0.229 e. The average Bonchev–Trinajstić information content (AvgIpc) is 2.79. The standard InChI is InChI=1S/C14H12ClNS2/c1-9(15)8-17-14-16-13-11-5-3-2-4-10(11)6-7-12(13)18-14/h2-5H,1,6-8H2. The Morgan fingerprint density at radius 3 is 3.06 bits per heavy atom. The van der Waals surface area contributed by atoms with Crippen molar-refractivity contribution in [3.63, 3.8) is 0 Å². The largest absolute Gasteiger partial charge is 0.229 e. The lowest BCUT2D eigenvalue weighted by molar-refractivity contribution is 0.953. The van der Waals surface area contributed by atoms with E-state index in [1.54, 1.807) is 23.1 Å². The summed E-state index contributed by atoms with van der Waals surface area (Å²) in [7, 11) is 0. The fourth-order valence-electron chi connectivity index (χ4n) is 2.13. The van der Waals surface area contributed by atoms with Gasteiger partial charge in [-0.05, 0) is 18.4 Å². The third kappa shape index (κ3) is 2.35. The first-order valence-electron chi connectivity index (χ1n) is 5.78. The van der Waals surface area contributed by atoms with Gasteiger partial charge >= 0.3 is 0 Å². The molecular weight excluding hydrogens is 282 g/mol. The summed E-state index contributed by atoms with van der Waals surface area (Å²) in [6.45, 7) is 3.71. The average molecular weight is 294 g/mol. The van der Waals surface area contributed by atoms with Crippen LogP contribution in [-0.2, 0) is 12.8 Å². The molecule has 1 aromatic carbocycles. The molecule has 18 heavy (non-hydrogen) atoms. The minimum absolute atomic E-state index is 0.675. The van der Waals surface area contributed by atoms with Gasteiger partial charge in [0, 0.05) is 21.2 Å². The van der Waals surface area contributed by atoms with Crippen molar-refractivity contribution in [3.05, 3.63) is 46.3 Å². The lowest BCUT2D eigenvalue weighted by atomic mass is 9.94. The van der Waals surface area contributed by atoms with E-state index in [9.17, 15) is 0 Å². The number of aryl methyl sites for hydroxylation is 2. The van der Waals surface area contributed by atoms with E-state index in [-0.39, 0.29) is 0 Å². The van der Waals surface area contributed by atoms with E-state index in [1.807, 2.05) is 0 Å². The van der Waals surface area contributed by atoms with Crippen LogP contribution in [0.3, 0.4) is 0 Å². The number of fused-ring (bicyclic) bond motifs is 3. The summed E-state index contributed by atoms with van der Waals surface area (Å²) in [5.74, 6) is 0.732. The van der Waals surface area contributed by atoms with Crippen LogP contribution in [0.5, 0.6) is 0 Å². The Hall–Kier alpha value is -0.770. The molecule has 0 fully saturated rings. The van der Waals surface area contributed by atoms with Crippen LogP contribution in [0.1, 0.15) is 10.4 Å². The van der Waals surface area contributed by atoms with E-state index in [0.717, 1.165) is 22.9 Å². The fraction of sp³-hybridized carbons (Fsp3) is 0.214. The van der Waals surface area contributed by atoms with Crippen LogP contribution in [0.4, 0.5) is 0 Å². The van der Waals surface area contributed by atoms with Crippen LogP contribution in [-0.4, -0.2) is 10.7 Å². The molecule has 0 amide bonds. The Bertz CT molecular complexity index is 604. The molecule has 4 heteroatoms. The molecule has 1 aliphatic carbocycles. The summed E-state index contributed by atoms with van der Waals surface area (Å²) in [4.78, 5) is 6.15. The first-order chi connectivity index (χ1) is 8.74. The molecular formula is C14H12ClNS2. The maximum Gasteiger partial charge on any atom is 0.151 e. The second-order valence-electron chi connectivity index (χ2n) is 4.21. The number of nitrogens with zero attached hydrogens (tertiary/aromatic N) is 1. The number of hydrogen-bond acceptors (Lipinski definition) is 3. The Kier molecular flexibility index (Phi) is 3.46. The SMILES string of the molecule is C=C(Cl)CSc1nc2c(s1)CCc1ccccc1-2. The maximum absolute atomic E-state index is 5.80. The molecule has 1 aliphatic rings. The van der Waals surface area contributed by atoms with E-state index < -0.39 is 0 Å². The zero-order valence-electron chi connectivity index (χ0n) is 9.78. The molecule has 0 saturated carbocycles. The van der Waals surface area contributed by atoms with E-state index in [2.05, 4.69) is 30.8 Å². The fourth-order valence-corrected chi connectivity index (χ4v) is 4.25. The van der Waals surface area contributed by atoms with Crippen molar-refractivity contribution in [1.82, 2.24) is 4.98 Å². The molecule has 1 nitrogen and oxygen atoms in total. The maximum atomic E-state index is 5.80. The number of benzene rings is 1. The highest BCUT2D eigenvalue weighted by Crippen LogP contribution is 2.39. The molecule has 0 aliphatic heterocycles. The lowest BCUT2D eigenvalue weighted by Gasteiger charge is -2.13. The van der Waals surface area contributed by atoms with Crippen molar-refractivity contribution in [3.8, 4) is 11.3 Å². The number of halogens is 1. The molecule has 2 aromatic rings. The first kappa shape index (κ1) is 12.3. The predicted octanol–water partition coefficient (Wildman–Crippen LogP) is 4.75. The minimum atomic E-state index is 0.675. The third-order valence-electron chi connectivity index (χ3n) is 2.92. The molecule has 92 valence electrons. The highest BCUT2D eigenvalue weighted by molar-refractivity contribution is 8.01. The van der Waals surface area contributed by atoms with E-state index in [1.165, 1.54) is 21.7 Å². The summed E-state index contributed by atoms with van der Waals surface area (Å²) in [5, 5.41) is 0.675. The van der Waals surface area contributed by atoms with Crippen molar-refractivity contribution >= 4 is 34.7 Å². The van der Waals surface area contributed by atoms with Crippen molar-refractivity contribution in [2.45, 2.75) is 17.2 Å². The summed E-state index contributed by atoms with van der Waals surface area (Å²) in [5.41, 5.74) is 3.88. The Morgan fingerprint density at radius 2 is 2.22 bits per heavy atom. The molecule has 0 saturated heterocycles. The number of thioether (sulfide) groups is 1. The van der Waals surface area contributed by atoms with Gasteiger partial charge in [-0.25, -0.2) is 4.98 Å². The van der Waals surface area contributed by atoms with Crippen LogP contribution in [0, 0.1) is 0 Å². The van der Waals surface area contributed by atoms with Crippen molar-refractivity contribution in [1.29, 1.82) is 0 Å². The summed E-state index contributed by atoms with van der Waals surface area (Å²) >= 11 is 9.26. The highest BCUT2D eigenvalue weighted by Gasteiger charge is 2.20. The van der Waals surface area contributed by atoms with Crippen LogP contribution < -0.4 is 0 Å². The molecule has 0 unspecified atom stereocenters. The van der Waals surface area contributed by atoms with Gasteiger partial charge in [0.2, 0.25) is 0 Å². The summed E-state index contributed by atoms with van der Waals surface area (Å²) in [6.07, 6.45) is 2.23. The summed E-state index contributed by atoms with van der Waals surface area (Å²) in [6, 6.07) is 8.55. The van der Waals surface area contributed by atoms with Gasteiger partial charge < -0.3 is 0 Å². The molecule has 0 radical (unpaired) electrons. The molecule has 1 heterocycles. The zero-order chi connectivity index (χ0) is 12.5. The second-order valence-corrected chi connectivity index (χ2v) is 7.06. The van der Waals surface area contributed by atoms with Crippen LogP contribution in [0.2, 0.25) is 0 Å². The first-order valence-corrected chi connectivity index (χ1v) is 7.96. The number of thiazole rings is 1. The molecule has 0 bridgehead atoms. The normalized spacial score (nSPS) is 12.9. The van der Waals surface area contributed by atoms with Crippen LogP contribution in [0.15, 0.2) is 40.2 Å². The molecule has 0 spiro atoms. The Labute approximate surface area is 120 Å². The molecule has 1 aromatic heterocycles. The predicted molar refractivity (Wildman–Crippen MR) is 80.7 cm³/mol. The van der Waals surface area contributed by atoms with Gasteiger partial charge in [0.05, 0.1) is 5.69 Å². The Balaban J connectivity index is 1.94. The van der Waals surface area contributed by atoms with Gasteiger partial charge in [-0.15, -0.1) is 11.3 Å². The van der Waals surface area contributed by atoms with Gasteiger partial charge in [0.15, 0.2) is 4.34 Å². The number of rotatable bonds is 3. The monoisotopic (exact) mass is 293 g/mol. The third-order valence-corrected chi connectivity index (χ3v) is 5.56. The summed E-state index contributed by atoms with van der Waals surface area (Å²) < 4.78 is 1.10. The van der Waals surface area contributed by atoms with E-state index in [4.69, 9.17) is 16.6 Å². The number of hydrogen-bond donors (Lipinski definition) is 0. The second kappa shape index (κ2) is 5.08. The quantitative estimate of drug-likeness (QED) is 0.757. The Morgan fingerprint density at radius 1 is 1.39 bits per heavy atom. The van der Waals surface area contributed by atoms with Gasteiger partial charge in [-0.3, -0.25) is 0 Å². The lowest BCUT2D eigenvalue weighted by Crippen LogP contribution is -2.01. The molecule has 0 atom stereocenters. The molecule has 3 rings (SSSR count). The molecule has 0 N–H and O–H groups in total. The van der Waals surface area contributed by atoms with E-state index >= 15 is 0 Å².